The molecule has 2 N–H and O–H groups in total. The lowest BCUT2D eigenvalue weighted by Crippen LogP contribution is -2.31. The maximum Gasteiger partial charge on any atom is 0.336 e. The van der Waals surface area contributed by atoms with Gasteiger partial charge in [0.05, 0.1) is 28.0 Å². The third-order valence-electron chi connectivity index (χ3n) is 4.71. The molecule has 0 spiro atoms. The number of halogens is 1. The Balaban J connectivity index is 1.89. The van der Waals surface area contributed by atoms with Crippen LogP contribution in [-0.2, 0) is 0 Å². The van der Waals surface area contributed by atoms with Gasteiger partial charge in [0.25, 0.3) is 0 Å². The Hall–Kier alpha value is -2.33. The molecular formula is C18H15ClN2O2. The first-order valence-corrected chi connectivity index (χ1v) is 7.94. The largest absolute Gasteiger partial charge is 0.478 e. The second-order valence-electron chi connectivity index (χ2n) is 5.92. The zero-order valence-electron chi connectivity index (χ0n) is 12.2. The Morgan fingerprint density at radius 2 is 2.17 bits per heavy atom. The van der Waals surface area contributed by atoms with E-state index in [0.29, 0.717) is 10.6 Å². The van der Waals surface area contributed by atoms with Crippen LogP contribution in [0.15, 0.2) is 48.7 Å². The topological polar surface area (TPSA) is 62.2 Å². The van der Waals surface area contributed by atoms with Crippen LogP contribution in [0.4, 0.5) is 5.69 Å². The maximum absolute atomic E-state index is 11.6. The van der Waals surface area contributed by atoms with E-state index in [1.165, 1.54) is 0 Å². The van der Waals surface area contributed by atoms with Gasteiger partial charge in [-0.3, -0.25) is 4.98 Å². The Kier molecular flexibility index (Phi) is 3.34. The lowest BCUT2D eigenvalue weighted by molar-refractivity contribution is 0.0695. The molecule has 1 aliphatic carbocycles. The number of aromatic nitrogens is 1. The zero-order chi connectivity index (χ0) is 16.0. The van der Waals surface area contributed by atoms with Crippen molar-refractivity contribution in [3.63, 3.8) is 0 Å². The van der Waals surface area contributed by atoms with E-state index >= 15 is 0 Å². The summed E-state index contributed by atoms with van der Waals surface area (Å²) in [6.45, 7) is 0. The van der Waals surface area contributed by atoms with Crippen LogP contribution in [0.2, 0.25) is 5.02 Å². The van der Waals surface area contributed by atoms with Crippen LogP contribution < -0.4 is 5.32 Å². The van der Waals surface area contributed by atoms with Crippen LogP contribution in [-0.4, -0.2) is 16.1 Å². The van der Waals surface area contributed by atoms with Crippen molar-refractivity contribution >= 4 is 23.3 Å². The minimum Gasteiger partial charge on any atom is -0.478 e. The first kappa shape index (κ1) is 14.3. The summed E-state index contributed by atoms with van der Waals surface area (Å²) >= 11 is 6.36. The van der Waals surface area contributed by atoms with Gasteiger partial charge in [0, 0.05) is 12.1 Å². The Morgan fingerprint density at radius 1 is 1.30 bits per heavy atom. The molecule has 0 saturated carbocycles. The van der Waals surface area contributed by atoms with Gasteiger partial charge in [0.15, 0.2) is 0 Å². The van der Waals surface area contributed by atoms with Gasteiger partial charge in [-0.2, -0.15) is 0 Å². The minimum absolute atomic E-state index is 0.0187. The lowest BCUT2D eigenvalue weighted by Gasteiger charge is -2.38. The third-order valence-corrected chi connectivity index (χ3v) is 5.02. The molecule has 0 amide bonds. The van der Waals surface area contributed by atoms with Crippen molar-refractivity contribution in [2.45, 2.75) is 18.4 Å². The molecule has 1 aromatic carbocycles. The summed E-state index contributed by atoms with van der Waals surface area (Å²) in [7, 11) is 0. The average Bonchev–Trinajstić information content (AvgIpc) is 3.05. The van der Waals surface area contributed by atoms with Crippen molar-refractivity contribution in [3.8, 4) is 0 Å². The number of nitrogens with one attached hydrogen (secondary N) is 1. The van der Waals surface area contributed by atoms with Gasteiger partial charge in [-0.05, 0) is 42.2 Å². The van der Waals surface area contributed by atoms with Crippen molar-refractivity contribution in [2.75, 3.05) is 5.32 Å². The summed E-state index contributed by atoms with van der Waals surface area (Å²) in [6.07, 6.45) is 6.89. The summed E-state index contributed by atoms with van der Waals surface area (Å²) in [5, 5.41) is 13.5. The molecule has 23 heavy (non-hydrogen) atoms. The van der Waals surface area contributed by atoms with E-state index in [4.69, 9.17) is 11.6 Å². The molecule has 5 heteroatoms. The lowest BCUT2D eigenvalue weighted by atomic mass is 9.76. The monoisotopic (exact) mass is 326 g/mol. The first-order valence-electron chi connectivity index (χ1n) is 7.56. The summed E-state index contributed by atoms with van der Waals surface area (Å²) in [5.41, 5.74) is 2.78. The Labute approximate surface area is 138 Å². The quantitative estimate of drug-likeness (QED) is 0.809. The predicted octanol–water partition coefficient (Wildman–Crippen LogP) is 4.26. The SMILES string of the molecule is O=C(O)c1ccc(Cl)c2c1[C@@H]1C=CC[C@@H]1[C@@H](c1ccccn1)N2. The number of aromatic carboxylic acids is 1. The van der Waals surface area contributed by atoms with E-state index in [1.54, 1.807) is 18.3 Å². The van der Waals surface area contributed by atoms with Crippen LogP contribution in [0.1, 0.15) is 40.0 Å². The minimum atomic E-state index is -0.921. The summed E-state index contributed by atoms with van der Waals surface area (Å²) in [4.78, 5) is 16.1. The van der Waals surface area contributed by atoms with Crippen LogP contribution in [0.3, 0.4) is 0 Å². The molecule has 1 aliphatic heterocycles. The number of nitrogens with zero attached hydrogens (tertiary/aromatic N) is 1. The maximum atomic E-state index is 11.6. The highest BCUT2D eigenvalue weighted by atomic mass is 35.5. The molecule has 1 aromatic heterocycles. The van der Waals surface area contributed by atoms with E-state index in [0.717, 1.165) is 23.4 Å². The number of anilines is 1. The van der Waals surface area contributed by atoms with Crippen LogP contribution in [0.5, 0.6) is 0 Å². The van der Waals surface area contributed by atoms with Gasteiger partial charge in [-0.1, -0.05) is 29.8 Å². The van der Waals surface area contributed by atoms with Crippen molar-refractivity contribution in [1.82, 2.24) is 4.98 Å². The van der Waals surface area contributed by atoms with Gasteiger partial charge in [-0.15, -0.1) is 0 Å². The predicted molar refractivity (Wildman–Crippen MR) is 89.0 cm³/mol. The van der Waals surface area contributed by atoms with E-state index < -0.39 is 5.97 Å². The number of fused-ring (bicyclic) bond motifs is 3. The van der Waals surface area contributed by atoms with Gasteiger partial charge in [0.1, 0.15) is 0 Å². The smallest absolute Gasteiger partial charge is 0.336 e. The highest BCUT2D eigenvalue weighted by Gasteiger charge is 2.41. The molecule has 116 valence electrons. The number of hydrogen-bond acceptors (Lipinski definition) is 3. The molecular weight excluding hydrogens is 312 g/mol. The van der Waals surface area contributed by atoms with Crippen LogP contribution in [0.25, 0.3) is 0 Å². The Morgan fingerprint density at radius 3 is 2.91 bits per heavy atom. The molecule has 0 radical (unpaired) electrons. The number of benzene rings is 1. The number of carbonyl (C=O) groups is 1. The summed E-state index contributed by atoms with van der Waals surface area (Å²) in [5.74, 6) is -0.632. The normalized spacial score (nSPS) is 24.7. The van der Waals surface area contributed by atoms with Gasteiger partial charge in [0.2, 0.25) is 0 Å². The number of hydrogen-bond donors (Lipinski definition) is 2. The molecule has 0 unspecified atom stereocenters. The fourth-order valence-corrected chi connectivity index (χ4v) is 3.93. The highest BCUT2D eigenvalue weighted by Crippen LogP contribution is 2.52. The van der Waals surface area contributed by atoms with E-state index in [1.807, 2.05) is 18.2 Å². The molecule has 0 bridgehead atoms. The highest BCUT2D eigenvalue weighted by molar-refractivity contribution is 6.33. The second kappa shape index (κ2) is 5.39. The van der Waals surface area contributed by atoms with E-state index in [-0.39, 0.29) is 17.9 Å². The number of pyridine rings is 1. The van der Waals surface area contributed by atoms with Gasteiger partial charge >= 0.3 is 5.97 Å². The second-order valence-corrected chi connectivity index (χ2v) is 6.33. The first-order chi connectivity index (χ1) is 11.2. The van der Waals surface area contributed by atoms with Crippen molar-refractivity contribution < 1.29 is 9.90 Å². The summed E-state index contributed by atoms with van der Waals surface area (Å²) < 4.78 is 0. The summed E-state index contributed by atoms with van der Waals surface area (Å²) in [6, 6.07) is 9.10. The Bertz CT molecular complexity index is 804. The molecule has 2 aliphatic rings. The van der Waals surface area contributed by atoms with E-state index in [2.05, 4.69) is 22.5 Å². The zero-order valence-corrected chi connectivity index (χ0v) is 13.0. The molecule has 2 heterocycles. The van der Waals surface area contributed by atoms with Gasteiger partial charge in [-0.25, -0.2) is 4.79 Å². The van der Waals surface area contributed by atoms with Crippen LogP contribution in [0, 0.1) is 5.92 Å². The molecule has 4 nitrogen and oxygen atoms in total. The number of rotatable bonds is 2. The fourth-order valence-electron chi connectivity index (χ4n) is 3.71. The molecule has 4 rings (SSSR count). The fraction of sp³-hybridized carbons (Fsp3) is 0.222. The number of allylic oxidation sites excluding steroid dienone is 2. The molecule has 2 aromatic rings. The van der Waals surface area contributed by atoms with Crippen LogP contribution >= 0.6 is 11.6 Å². The van der Waals surface area contributed by atoms with Crippen molar-refractivity contribution in [1.29, 1.82) is 0 Å². The van der Waals surface area contributed by atoms with E-state index in [9.17, 15) is 9.90 Å². The number of carboxylic acids is 1. The molecule has 0 saturated heterocycles. The average molecular weight is 327 g/mol. The van der Waals surface area contributed by atoms with Crippen molar-refractivity contribution in [3.05, 3.63) is 70.5 Å². The third kappa shape index (κ3) is 2.21. The van der Waals surface area contributed by atoms with Crippen molar-refractivity contribution in [2.24, 2.45) is 5.92 Å². The van der Waals surface area contributed by atoms with Gasteiger partial charge < -0.3 is 10.4 Å². The molecule has 0 fully saturated rings. The number of carboxylic acid groups (broad SMARTS) is 1. The standard InChI is InChI=1S/C18H15ClN2O2/c19-13-8-7-12(18(22)23)15-10-4-3-5-11(10)16(21-17(13)15)14-6-1-2-9-20-14/h1-4,6-11,16,21H,5H2,(H,22,23)/t10-,11+,16+/m1/s1. The molecule has 3 atom stereocenters.